The first-order valence-electron chi connectivity index (χ1n) is 7.89. The number of rotatable bonds is 5. The van der Waals surface area contributed by atoms with E-state index in [2.05, 4.69) is 17.5 Å². The van der Waals surface area contributed by atoms with Crippen LogP contribution < -0.4 is 5.32 Å². The summed E-state index contributed by atoms with van der Waals surface area (Å²) in [5, 5.41) is 22.9. The maximum absolute atomic E-state index is 10.8. The molecule has 0 aliphatic heterocycles. The lowest BCUT2D eigenvalue weighted by atomic mass is 9.96. The number of hydrogen-bond donors (Lipinski definition) is 2. The molecule has 1 atom stereocenters. The molecule has 3 heteroatoms. The average molecular weight is 304 g/mol. The van der Waals surface area contributed by atoms with Crippen molar-refractivity contribution in [1.82, 2.24) is 5.32 Å². The summed E-state index contributed by atoms with van der Waals surface area (Å²) >= 11 is 0. The molecule has 0 spiro atoms. The van der Waals surface area contributed by atoms with Crippen LogP contribution in [-0.2, 0) is 12.0 Å². The Balaban J connectivity index is 1.52. The van der Waals surface area contributed by atoms with Gasteiger partial charge in [0.05, 0.1) is 11.6 Å². The highest BCUT2D eigenvalue weighted by molar-refractivity contribution is 5.51. The molecule has 0 bridgehead atoms. The second-order valence-corrected chi connectivity index (χ2v) is 5.96. The Kier molecular flexibility index (Phi) is 4.57. The second kappa shape index (κ2) is 6.78. The zero-order chi connectivity index (χ0) is 16.1. The van der Waals surface area contributed by atoms with Gasteiger partial charge in [-0.05, 0) is 41.7 Å². The third-order valence-corrected chi connectivity index (χ3v) is 4.36. The van der Waals surface area contributed by atoms with Crippen LogP contribution in [0.4, 0.5) is 0 Å². The molecule has 2 aromatic carbocycles. The van der Waals surface area contributed by atoms with Crippen molar-refractivity contribution in [3.63, 3.8) is 0 Å². The predicted octanol–water partition coefficient (Wildman–Crippen LogP) is 3.00. The molecule has 0 saturated heterocycles. The Hall–Kier alpha value is -2.41. The van der Waals surface area contributed by atoms with E-state index in [4.69, 9.17) is 5.26 Å². The Morgan fingerprint density at radius 2 is 1.96 bits per heavy atom. The van der Waals surface area contributed by atoms with Crippen LogP contribution in [0.3, 0.4) is 0 Å². The summed E-state index contributed by atoms with van der Waals surface area (Å²) in [7, 11) is 0. The van der Waals surface area contributed by atoms with E-state index in [-0.39, 0.29) is 0 Å². The van der Waals surface area contributed by atoms with Crippen molar-refractivity contribution in [3.05, 3.63) is 76.9 Å². The lowest BCUT2D eigenvalue weighted by Crippen LogP contribution is -2.36. The fourth-order valence-electron chi connectivity index (χ4n) is 3.08. The summed E-state index contributed by atoms with van der Waals surface area (Å²) in [5.41, 5.74) is 3.30. The van der Waals surface area contributed by atoms with Gasteiger partial charge in [-0.3, -0.25) is 0 Å². The van der Waals surface area contributed by atoms with Crippen molar-refractivity contribution < 1.29 is 5.11 Å². The quantitative estimate of drug-likeness (QED) is 0.835. The zero-order valence-electron chi connectivity index (χ0n) is 13.0. The molecule has 2 N–H and O–H groups in total. The fourth-order valence-corrected chi connectivity index (χ4v) is 3.08. The number of fused-ring (bicyclic) bond motifs is 1. The van der Waals surface area contributed by atoms with E-state index >= 15 is 0 Å². The highest BCUT2D eigenvalue weighted by Gasteiger charge is 2.35. The van der Waals surface area contributed by atoms with E-state index in [9.17, 15) is 5.11 Å². The molecule has 0 heterocycles. The number of aryl methyl sites for hydroxylation is 1. The van der Waals surface area contributed by atoms with Gasteiger partial charge in [-0.15, -0.1) is 0 Å². The van der Waals surface area contributed by atoms with E-state index in [0.29, 0.717) is 18.7 Å². The molecule has 116 valence electrons. The lowest BCUT2D eigenvalue weighted by molar-refractivity contribution is 0.0398. The highest BCUT2D eigenvalue weighted by Crippen LogP contribution is 2.35. The summed E-state index contributed by atoms with van der Waals surface area (Å²) in [4.78, 5) is 0. The number of aliphatic hydroxyl groups is 1. The molecule has 2 aromatic rings. The van der Waals surface area contributed by atoms with Gasteiger partial charge in [-0.1, -0.05) is 48.6 Å². The summed E-state index contributed by atoms with van der Waals surface area (Å²) < 4.78 is 0. The molecular weight excluding hydrogens is 284 g/mol. The van der Waals surface area contributed by atoms with E-state index < -0.39 is 5.60 Å². The van der Waals surface area contributed by atoms with Gasteiger partial charge in [0, 0.05) is 13.1 Å². The largest absolute Gasteiger partial charge is 0.384 e. The number of hydrogen-bond acceptors (Lipinski definition) is 3. The van der Waals surface area contributed by atoms with E-state index in [1.165, 1.54) is 5.56 Å². The third kappa shape index (κ3) is 3.50. The first kappa shape index (κ1) is 15.5. The first-order valence-corrected chi connectivity index (χ1v) is 7.89. The normalized spacial score (nSPS) is 19.7. The molecule has 23 heavy (non-hydrogen) atoms. The van der Waals surface area contributed by atoms with E-state index in [1.807, 2.05) is 54.6 Å². The van der Waals surface area contributed by atoms with Crippen LogP contribution in [0.5, 0.6) is 0 Å². The number of nitriles is 1. The van der Waals surface area contributed by atoms with Crippen molar-refractivity contribution in [2.24, 2.45) is 0 Å². The number of benzene rings is 2. The van der Waals surface area contributed by atoms with Gasteiger partial charge in [0.25, 0.3) is 0 Å². The van der Waals surface area contributed by atoms with Crippen molar-refractivity contribution in [2.45, 2.75) is 18.4 Å². The maximum atomic E-state index is 10.8. The fraction of sp³-hybridized carbons (Fsp3) is 0.250. The minimum atomic E-state index is -0.751. The van der Waals surface area contributed by atoms with Crippen LogP contribution in [0.2, 0.25) is 0 Å². The van der Waals surface area contributed by atoms with E-state index in [0.717, 1.165) is 24.0 Å². The molecule has 0 aromatic heterocycles. The standard InChI is InChI=1S/C20H20N2O/c21-14-17-9-7-16(8-10-17)4-3-13-22-15-20(23)12-11-18-5-1-2-6-19(18)20/h1-10,22-23H,11-13,15H2/b4-3+. The van der Waals surface area contributed by atoms with Crippen molar-refractivity contribution in [1.29, 1.82) is 5.26 Å². The zero-order valence-corrected chi connectivity index (χ0v) is 13.0. The molecular formula is C20H20N2O. The minimum Gasteiger partial charge on any atom is -0.384 e. The molecule has 3 rings (SSSR count). The monoisotopic (exact) mass is 304 g/mol. The Bertz CT molecular complexity index is 743. The Morgan fingerprint density at radius 1 is 1.17 bits per heavy atom. The SMILES string of the molecule is N#Cc1ccc(/C=C/CNCC2(O)CCc3ccccc32)cc1. The molecule has 3 nitrogen and oxygen atoms in total. The summed E-state index contributed by atoms with van der Waals surface area (Å²) in [6, 6.07) is 17.7. The van der Waals surface area contributed by atoms with Crippen LogP contribution >= 0.6 is 0 Å². The van der Waals surface area contributed by atoms with Gasteiger partial charge < -0.3 is 10.4 Å². The van der Waals surface area contributed by atoms with Gasteiger partial charge in [0.15, 0.2) is 0 Å². The van der Waals surface area contributed by atoms with Gasteiger partial charge in [0.2, 0.25) is 0 Å². The molecule has 0 radical (unpaired) electrons. The lowest BCUT2D eigenvalue weighted by Gasteiger charge is -2.24. The second-order valence-electron chi connectivity index (χ2n) is 5.96. The van der Waals surface area contributed by atoms with Crippen molar-refractivity contribution in [3.8, 4) is 6.07 Å². The van der Waals surface area contributed by atoms with Crippen LogP contribution in [-0.4, -0.2) is 18.2 Å². The maximum Gasteiger partial charge on any atom is 0.103 e. The van der Waals surface area contributed by atoms with Crippen LogP contribution in [0.15, 0.2) is 54.6 Å². The molecule has 1 aliphatic rings. The summed E-state index contributed by atoms with van der Waals surface area (Å²) in [6.07, 6.45) is 5.76. The van der Waals surface area contributed by atoms with Crippen LogP contribution in [0.1, 0.15) is 28.7 Å². The van der Waals surface area contributed by atoms with Crippen molar-refractivity contribution in [2.75, 3.05) is 13.1 Å². The summed E-state index contributed by atoms with van der Waals surface area (Å²) in [5.74, 6) is 0. The summed E-state index contributed by atoms with van der Waals surface area (Å²) in [6.45, 7) is 1.26. The first-order chi connectivity index (χ1) is 11.2. The minimum absolute atomic E-state index is 0.557. The molecule has 0 amide bonds. The number of nitrogens with zero attached hydrogens (tertiary/aromatic N) is 1. The van der Waals surface area contributed by atoms with Crippen LogP contribution in [0, 0.1) is 11.3 Å². The van der Waals surface area contributed by atoms with Gasteiger partial charge in [0.1, 0.15) is 5.60 Å². The molecule has 1 unspecified atom stereocenters. The van der Waals surface area contributed by atoms with Crippen LogP contribution in [0.25, 0.3) is 6.08 Å². The topological polar surface area (TPSA) is 56.0 Å². The third-order valence-electron chi connectivity index (χ3n) is 4.36. The van der Waals surface area contributed by atoms with Gasteiger partial charge in [-0.25, -0.2) is 0 Å². The van der Waals surface area contributed by atoms with Gasteiger partial charge >= 0.3 is 0 Å². The Morgan fingerprint density at radius 3 is 2.74 bits per heavy atom. The molecule has 0 fully saturated rings. The van der Waals surface area contributed by atoms with Crippen molar-refractivity contribution >= 4 is 6.08 Å². The number of nitrogens with one attached hydrogen (secondary N) is 1. The smallest absolute Gasteiger partial charge is 0.103 e. The average Bonchev–Trinajstić information content (AvgIpc) is 2.93. The molecule has 1 aliphatic carbocycles. The highest BCUT2D eigenvalue weighted by atomic mass is 16.3. The van der Waals surface area contributed by atoms with Gasteiger partial charge in [-0.2, -0.15) is 5.26 Å². The molecule has 0 saturated carbocycles. The predicted molar refractivity (Wildman–Crippen MR) is 91.7 cm³/mol. The van der Waals surface area contributed by atoms with E-state index in [1.54, 1.807) is 0 Å². The Labute approximate surface area is 136 Å².